The van der Waals surface area contributed by atoms with Gasteiger partial charge in [-0.3, -0.25) is 0 Å². The molecule has 0 saturated heterocycles. The molecule has 0 aromatic heterocycles. The van der Waals surface area contributed by atoms with Crippen molar-refractivity contribution in [3.05, 3.63) is 0 Å². The van der Waals surface area contributed by atoms with E-state index in [2.05, 4.69) is 25.7 Å². The van der Waals surface area contributed by atoms with Crippen molar-refractivity contribution in [3.8, 4) is 0 Å². The number of nitrogens with zero attached hydrogens (tertiary/aromatic N) is 1. The first-order valence-electron chi connectivity index (χ1n) is 6.64. The molecule has 0 heterocycles. The van der Waals surface area contributed by atoms with Crippen LogP contribution >= 0.6 is 0 Å². The Morgan fingerprint density at radius 3 is 2.47 bits per heavy atom. The highest BCUT2D eigenvalue weighted by Gasteiger charge is 2.31. The Kier molecular flexibility index (Phi) is 5.62. The Balaban J connectivity index is 2.59. The maximum absolute atomic E-state index is 9.78. The van der Waals surface area contributed by atoms with Gasteiger partial charge < -0.3 is 10.0 Å². The molecule has 0 bridgehead atoms. The molecular weight excluding hydrogens is 186 g/mol. The van der Waals surface area contributed by atoms with E-state index in [0.29, 0.717) is 6.04 Å². The first kappa shape index (κ1) is 13.0. The van der Waals surface area contributed by atoms with Crippen molar-refractivity contribution < 1.29 is 5.11 Å². The summed E-state index contributed by atoms with van der Waals surface area (Å²) < 4.78 is 0. The number of rotatable bonds is 5. The molecule has 1 N–H and O–H groups in total. The molecule has 1 saturated carbocycles. The average molecular weight is 213 g/mol. The fourth-order valence-electron chi connectivity index (χ4n) is 2.96. The maximum Gasteiger partial charge on any atom is 0.0555 e. The van der Waals surface area contributed by atoms with Gasteiger partial charge in [-0.15, -0.1) is 0 Å². The summed E-state index contributed by atoms with van der Waals surface area (Å²) in [7, 11) is 0. The van der Waals surface area contributed by atoms with Crippen LogP contribution in [0.5, 0.6) is 0 Å². The second kappa shape index (κ2) is 6.49. The molecule has 0 radical (unpaired) electrons. The van der Waals surface area contributed by atoms with E-state index in [9.17, 15) is 5.11 Å². The smallest absolute Gasteiger partial charge is 0.0555 e. The van der Waals surface area contributed by atoms with E-state index in [0.717, 1.165) is 25.3 Å². The zero-order valence-electron chi connectivity index (χ0n) is 10.6. The second-order valence-electron chi connectivity index (χ2n) is 4.83. The molecule has 2 nitrogen and oxygen atoms in total. The Labute approximate surface area is 94.7 Å². The molecular formula is C13H27NO. The maximum atomic E-state index is 9.78. The lowest BCUT2D eigenvalue weighted by Crippen LogP contribution is -2.45. The van der Waals surface area contributed by atoms with Gasteiger partial charge in [-0.25, -0.2) is 0 Å². The van der Waals surface area contributed by atoms with Crippen LogP contribution in [-0.2, 0) is 0 Å². The van der Waals surface area contributed by atoms with Crippen molar-refractivity contribution >= 4 is 0 Å². The number of hydrogen-bond donors (Lipinski definition) is 1. The van der Waals surface area contributed by atoms with Crippen molar-refractivity contribution in [2.24, 2.45) is 5.92 Å². The predicted octanol–water partition coefficient (Wildman–Crippen LogP) is 2.66. The van der Waals surface area contributed by atoms with Gasteiger partial charge in [0.25, 0.3) is 0 Å². The van der Waals surface area contributed by atoms with Gasteiger partial charge in [-0.2, -0.15) is 0 Å². The quantitative estimate of drug-likeness (QED) is 0.759. The lowest BCUT2D eigenvalue weighted by Gasteiger charge is -2.41. The molecule has 1 aliphatic rings. The first-order chi connectivity index (χ1) is 7.22. The second-order valence-corrected chi connectivity index (χ2v) is 4.83. The van der Waals surface area contributed by atoms with Crippen LogP contribution in [0.4, 0.5) is 0 Å². The molecule has 2 heteroatoms. The molecule has 0 aliphatic heterocycles. The fourth-order valence-corrected chi connectivity index (χ4v) is 2.96. The molecule has 15 heavy (non-hydrogen) atoms. The highest BCUT2D eigenvalue weighted by atomic mass is 16.3. The third-order valence-corrected chi connectivity index (χ3v) is 3.84. The highest BCUT2D eigenvalue weighted by Crippen LogP contribution is 2.30. The Morgan fingerprint density at radius 1 is 1.20 bits per heavy atom. The molecule has 0 amide bonds. The first-order valence-corrected chi connectivity index (χ1v) is 6.64. The van der Waals surface area contributed by atoms with Gasteiger partial charge in [-0.1, -0.05) is 27.2 Å². The van der Waals surface area contributed by atoms with E-state index >= 15 is 0 Å². The van der Waals surface area contributed by atoms with Crippen LogP contribution in [0.1, 0.15) is 52.9 Å². The largest absolute Gasteiger partial charge is 0.393 e. The summed E-state index contributed by atoms with van der Waals surface area (Å²) in [5.41, 5.74) is 0. The van der Waals surface area contributed by atoms with E-state index in [1.54, 1.807) is 0 Å². The predicted molar refractivity (Wildman–Crippen MR) is 65.0 cm³/mol. The highest BCUT2D eigenvalue weighted by molar-refractivity contribution is 4.85. The molecule has 1 fully saturated rings. The molecule has 3 atom stereocenters. The van der Waals surface area contributed by atoms with Crippen LogP contribution in [0.3, 0.4) is 0 Å². The molecule has 0 aromatic carbocycles. The minimum atomic E-state index is -0.0521. The summed E-state index contributed by atoms with van der Waals surface area (Å²) in [5, 5.41) is 9.78. The standard InChI is InChI=1S/C13H27NO/c1-4-9-14(6-3)13-10-12(15)8-7-11(13)5-2/h11-13,15H,4-10H2,1-3H3. The zero-order chi connectivity index (χ0) is 11.3. The van der Waals surface area contributed by atoms with Gasteiger partial charge in [0.05, 0.1) is 6.10 Å². The normalized spacial score (nSPS) is 32.2. The average Bonchev–Trinajstić information content (AvgIpc) is 2.26. The molecule has 0 spiro atoms. The minimum absolute atomic E-state index is 0.0521. The van der Waals surface area contributed by atoms with Crippen LogP contribution < -0.4 is 0 Å². The lowest BCUT2D eigenvalue weighted by atomic mass is 9.80. The van der Waals surface area contributed by atoms with Crippen LogP contribution in [-0.4, -0.2) is 35.2 Å². The molecule has 3 unspecified atom stereocenters. The van der Waals surface area contributed by atoms with Crippen LogP contribution in [0, 0.1) is 5.92 Å². The van der Waals surface area contributed by atoms with Gasteiger partial charge in [0, 0.05) is 6.04 Å². The molecule has 90 valence electrons. The zero-order valence-corrected chi connectivity index (χ0v) is 10.6. The summed E-state index contributed by atoms with van der Waals surface area (Å²) in [5.74, 6) is 0.805. The summed E-state index contributed by atoms with van der Waals surface area (Å²) in [4.78, 5) is 2.57. The van der Waals surface area contributed by atoms with Crippen molar-refractivity contribution in [1.82, 2.24) is 4.90 Å². The van der Waals surface area contributed by atoms with Crippen LogP contribution in [0.15, 0.2) is 0 Å². The van der Waals surface area contributed by atoms with Gasteiger partial charge in [0.15, 0.2) is 0 Å². The molecule has 1 aliphatic carbocycles. The third-order valence-electron chi connectivity index (χ3n) is 3.84. The Hall–Kier alpha value is -0.0800. The number of hydrogen-bond acceptors (Lipinski definition) is 2. The topological polar surface area (TPSA) is 23.5 Å². The third kappa shape index (κ3) is 3.46. The van der Waals surface area contributed by atoms with Crippen LogP contribution in [0.2, 0.25) is 0 Å². The monoisotopic (exact) mass is 213 g/mol. The Morgan fingerprint density at radius 2 is 1.93 bits per heavy atom. The van der Waals surface area contributed by atoms with Gasteiger partial charge in [0.2, 0.25) is 0 Å². The SMILES string of the molecule is CCCN(CC)C1CC(O)CCC1CC. The lowest BCUT2D eigenvalue weighted by molar-refractivity contribution is 0.0276. The number of aliphatic hydroxyl groups excluding tert-OH is 1. The fraction of sp³-hybridized carbons (Fsp3) is 1.00. The van der Waals surface area contributed by atoms with Crippen molar-refractivity contribution in [3.63, 3.8) is 0 Å². The van der Waals surface area contributed by atoms with Crippen molar-refractivity contribution in [2.45, 2.75) is 65.0 Å². The van der Waals surface area contributed by atoms with Crippen molar-refractivity contribution in [1.29, 1.82) is 0 Å². The van der Waals surface area contributed by atoms with E-state index < -0.39 is 0 Å². The molecule has 1 rings (SSSR count). The van der Waals surface area contributed by atoms with E-state index in [4.69, 9.17) is 0 Å². The van der Waals surface area contributed by atoms with E-state index in [1.807, 2.05) is 0 Å². The van der Waals surface area contributed by atoms with Gasteiger partial charge in [-0.05, 0) is 44.7 Å². The summed E-state index contributed by atoms with van der Waals surface area (Å²) in [6.07, 6.45) is 5.64. The van der Waals surface area contributed by atoms with E-state index in [1.165, 1.54) is 25.8 Å². The number of aliphatic hydroxyl groups is 1. The van der Waals surface area contributed by atoms with Gasteiger partial charge >= 0.3 is 0 Å². The molecule has 0 aromatic rings. The summed E-state index contributed by atoms with van der Waals surface area (Å²) >= 11 is 0. The summed E-state index contributed by atoms with van der Waals surface area (Å²) in [6.45, 7) is 9.08. The van der Waals surface area contributed by atoms with Crippen LogP contribution in [0.25, 0.3) is 0 Å². The minimum Gasteiger partial charge on any atom is -0.393 e. The summed E-state index contributed by atoms with van der Waals surface area (Å²) in [6, 6.07) is 0.628. The Bertz CT molecular complexity index is 172. The van der Waals surface area contributed by atoms with Gasteiger partial charge in [0.1, 0.15) is 0 Å². The van der Waals surface area contributed by atoms with Crippen molar-refractivity contribution in [2.75, 3.05) is 13.1 Å². The van der Waals surface area contributed by atoms with E-state index in [-0.39, 0.29) is 6.10 Å².